The Labute approximate surface area is 198 Å². The van der Waals surface area contributed by atoms with Crippen LogP contribution in [0.5, 0.6) is 5.75 Å². The number of rotatable bonds is 9. The highest BCUT2D eigenvalue weighted by Gasteiger charge is 2.25. The number of aliphatic carboxylic acids is 1. The average Bonchev–Trinajstić information content (AvgIpc) is 3.45. The van der Waals surface area contributed by atoms with Crippen LogP contribution in [-0.4, -0.2) is 31.8 Å². The monoisotopic (exact) mass is 483 g/mol. The molecule has 0 saturated carbocycles. The van der Waals surface area contributed by atoms with Gasteiger partial charge in [0.05, 0.1) is 29.7 Å². The minimum Gasteiger partial charge on any atom is -0.494 e. The lowest BCUT2D eigenvalue weighted by Gasteiger charge is -2.15. The number of ether oxygens (including phenoxy) is 1. The van der Waals surface area contributed by atoms with Gasteiger partial charge in [-0.3, -0.25) is 18.7 Å². The standard InChI is InChI=1S/C24H25N3O6S/c1-4-32-17-8-6-5-7-16(17)9-11-26-22-19(18(15(3)34-22)20-25-10-12-33-20)21(28)27(24(26)31)13-14(2)23(29)30/h5-8,10,12,14H,4,9,11,13H2,1-3H3,(H,29,30). The summed E-state index contributed by atoms with van der Waals surface area (Å²) < 4.78 is 13.7. The zero-order chi connectivity index (χ0) is 24.4. The van der Waals surface area contributed by atoms with Gasteiger partial charge >= 0.3 is 11.7 Å². The summed E-state index contributed by atoms with van der Waals surface area (Å²) in [6.45, 7) is 5.78. The molecule has 0 aliphatic heterocycles. The van der Waals surface area contributed by atoms with E-state index in [2.05, 4.69) is 4.98 Å². The quantitative estimate of drug-likeness (QED) is 0.387. The third-order valence-electron chi connectivity index (χ3n) is 5.63. The molecule has 178 valence electrons. The van der Waals surface area contributed by atoms with Crippen LogP contribution in [0.25, 0.3) is 21.7 Å². The summed E-state index contributed by atoms with van der Waals surface area (Å²) in [4.78, 5) is 43.9. The van der Waals surface area contributed by atoms with Crippen LogP contribution >= 0.6 is 11.3 Å². The summed E-state index contributed by atoms with van der Waals surface area (Å²) in [5.74, 6) is -0.978. The van der Waals surface area contributed by atoms with Crippen molar-refractivity contribution < 1.29 is 19.1 Å². The Morgan fingerprint density at radius 1 is 1.26 bits per heavy atom. The third-order valence-corrected chi connectivity index (χ3v) is 6.76. The smallest absolute Gasteiger partial charge is 0.332 e. The Hall–Kier alpha value is -3.66. The first kappa shape index (κ1) is 23.5. The molecular formula is C24H25N3O6S. The molecular weight excluding hydrogens is 458 g/mol. The Balaban J connectivity index is 1.90. The van der Waals surface area contributed by atoms with E-state index in [4.69, 9.17) is 9.15 Å². The van der Waals surface area contributed by atoms with Crippen LogP contribution < -0.4 is 16.0 Å². The molecule has 1 unspecified atom stereocenters. The maximum Gasteiger partial charge on any atom is 0.332 e. The largest absolute Gasteiger partial charge is 0.494 e. The molecule has 0 aliphatic rings. The van der Waals surface area contributed by atoms with Crippen molar-refractivity contribution in [2.75, 3.05) is 6.61 Å². The summed E-state index contributed by atoms with van der Waals surface area (Å²) in [7, 11) is 0. The molecule has 1 N–H and O–H groups in total. The number of carboxylic acid groups (broad SMARTS) is 1. The lowest BCUT2D eigenvalue weighted by Crippen LogP contribution is -2.42. The number of hydrogen-bond donors (Lipinski definition) is 1. The van der Waals surface area contributed by atoms with Gasteiger partial charge in [-0.25, -0.2) is 9.78 Å². The van der Waals surface area contributed by atoms with E-state index in [1.807, 2.05) is 38.1 Å². The zero-order valence-corrected chi connectivity index (χ0v) is 19.9. The van der Waals surface area contributed by atoms with Gasteiger partial charge in [0.25, 0.3) is 5.56 Å². The molecule has 0 spiro atoms. The molecule has 1 aromatic carbocycles. The van der Waals surface area contributed by atoms with E-state index in [9.17, 15) is 19.5 Å². The maximum absolute atomic E-state index is 13.5. The summed E-state index contributed by atoms with van der Waals surface area (Å²) in [5, 5.41) is 9.69. The fraction of sp³-hybridized carbons (Fsp3) is 0.333. The van der Waals surface area contributed by atoms with Gasteiger partial charge in [0, 0.05) is 18.0 Å². The van der Waals surface area contributed by atoms with E-state index in [-0.39, 0.29) is 19.0 Å². The molecule has 0 amide bonds. The summed E-state index contributed by atoms with van der Waals surface area (Å²) >= 11 is 1.32. The lowest BCUT2D eigenvalue weighted by molar-refractivity contribution is -0.141. The molecule has 1 atom stereocenters. The van der Waals surface area contributed by atoms with Crippen molar-refractivity contribution >= 4 is 27.5 Å². The molecule has 0 bridgehead atoms. The van der Waals surface area contributed by atoms with Crippen molar-refractivity contribution in [3.05, 3.63) is 68.0 Å². The first-order valence-corrected chi connectivity index (χ1v) is 11.7. The van der Waals surface area contributed by atoms with E-state index in [1.165, 1.54) is 35.3 Å². The molecule has 9 nitrogen and oxygen atoms in total. The highest BCUT2D eigenvalue weighted by Crippen LogP contribution is 2.35. The van der Waals surface area contributed by atoms with Gasteiger partial charge in [0.2, 0.25) is 5.89 Å². The first-order valence-electron chi connectivity index (χ1n) is 10.9. The second-order valence-electron chi connectivity index (χ2n) is 7.93. The Bertz CT molecular complexity index is 1450. The van der Waals surface area contributed by atoms with Crippen LogP contribution in [0.3, 0.4) is 0 Å². The molecule has 0 saturated heterocycles. The lowest BCUT2D eigenvalue weighted by atomic mass is 10.1. The second-order valence-corrected chi connectivity index (χ2v) is 9.13. The molecule has 34 heavy (non-hydrogen) atoms. The number of fused-ring (bicyclic) bond motifs is 1. The molecule has 4 rings (SSSR count). The van der Waals surface area contributed by atoms with Gasteiger partial charge in [0.1, 0.15) is 16.8 Å². The Morgan fingerprint density at radius 3 is 2.71 bits per heavy atom. The first-order chi connectivity index (χ1) is 16.3. The van der Waals surface area contributed by atoms with Gasteiger partial charge in [0.15, 0.2) is 0 Å². The second kappa shape index (κ2) is 9.68. The number of carboxylic acids is 1. The van der Waals surface area contributed by atoms with Crippen molar-refractivity contribution in [1.82, 2.24) is 14.1 Å². The van der Waals surface area contributed by atoms with Crippen LogP contribution in [0.2, 0.25) is 0 Å². The summed E-state index contributed by atoms with van der Waals surface area (Å²) in [6, 6.07) is 7.61. The fourth-order valence-corrected chi connectivity index (χ4v) is 5.08. The molecule has 4 aromatic rings. The summed E-state index contributed by atoms with van der Waals surface area (Å²) in [6.07, 6.45) is 3.40. The van der Waals surface area contributed by atoms with Gasteiger partial charge in [-0.2, -0.15) is 0 Å². The molecule has 3 aromatic heterocycles. The van der Waals surface area contributed by atoms with E-state index in [0.29, 0.717) is 28.8 Å². The number of para-hydroxylation sites is 1. The number of thiophene rings is 1. The Kier molecular flexibility index (Phi) is 6.69. The van der Waals surface area contributed by atoms with Gasteiger partial charge < -0.3 is 14.3 Å². The number of nitrogens with zero attached hydrogens (tertiary/aromatic N) is 3. The number of hydrogen-bond acceptors (Lipinski definition) is 7. The van der Waals surface area contributed by atoms with E-state index >= 15 is 0 Å². The normalized spacial score (nSPS) is 12.2. The van der Waals surface area contributed by atoms with Gasteiger partial charge in [-0.15, -0.1) is 11.3 Å². The average molecular weight is 484 g/mol. The van der Waals surface area contributed by atoms with Crippen molar-refractivity contribution in [3.8, 4) is 17.2 Å². The molecule has 0 radical (unpaired) electrons. The molecule has 10 heteroatoms. The van der Waals surface area contributed by atoms with E-state index in [0.717, 1.165) is 20.8 Å². The molecule has 0 fully saturated rings. The highest BCUT2D eigenvalue weighted by atomic mass is 32.1. The zero-order valence-electron chi connectivity index (χ0n) is 19.1. The van der Waals surface area contributed by atoms with Gasteiger partial charge in [-0.1, -0.05) is 25.1 Å². The third kappa shape index (κ3) is 4.28. The number of oxazole rings is 1. The van der Waals surface area contributed by atoms with E-state index in [1.54, 1.807) is 0 Å². The van der Waals surface area contributed by atoms with Crippen LogP contribution in [0, 0.1) is 12.8 Å². The summed E-state index contributed by atoms with van der Waals surface area (Å²) in [5.41, 5.74) is 0.369. The van der Waals surface area contributed by atoms with Crippen LogP contribution in [0.4, 0.5) is 0 Å². The number of aryl methyl sites for hydroxylation is 3. The molecule has 0 aliphatic carbocycles. The van der Waals surface area contributed by atoms with Crippen LogP contribution in [0.1, 0.15) is 24.3 Å². The van der Waals surface area contributed by atoms with Crippen molar-refractivity contribution in [2.24, 2.45) is 5.92 Å². The van der Waals surface area contributed by atoms with Crippen molar-refractivity contribution in [3.63, 3.8) is 0 Å². The predicted molar refractivity (Wildman–Crippen MR) is 129 cm³/mol. The van der Waals surface area contributed by atoms with Gasteiger partial charge in [-0.05, 0) is 31.9 Å². The number of carbonyl (C=O) groups is 1. The maximum atomic E-state index is 13.5. The topological polar surface area (TPSA) is 117 Å². The highest BCUT2D eigenvalue weighted by molar-refractivity contribution is 7.19. The number of benzene rings is 1. The molecule has 3 heterocycles. The van der Waals surface area contributed by atoms with E-state index < -0.39 is 23.1 Å². The van der Waals surface area contributed by atoms with Crippen molar-refractivity contribution in [2.45, 2.75) is 40.3 Å². The van der Waals surface area contributed by atoms with Crippen LogP contribution in [-0.2, 0) is 24.3 Å². The SMILES string of the molecule is CCOc1ccccc1CCn1c(=O)n(CC(C)C(=O)O)c(=O)c2c(-c3ncco3)c(C)sc21. The minimum absolute atomic E-state index is 0.238. The fourth-order valence-electron chi connectivity index (χ4n) is 3.93. The Morgan fingerprint density at radius 2 is 2.03 bits per heavy atom. The van der Waals surface area contributed by atoms with Crippen LogP contribution in [0.15, 0.2) is 50.7 Å². The minimum atomic E-state index is -1.09. The number of aromatic nitrogens is 3. The van der Waals surface area contributed by atoms with Crippen molar-refractivity contribution in [1.29, 1.82) is 0 Å². The predicted octanol–water partition coefficient (Wildman–Crippen LogP) is 3.55.